The molecule has 4 rings (SSSR count). The van der Waals surface area contributed by atoms with E-state index in [4.69, 9.17) is 4.74 Å². The fraction of sp³-hybridized carbons (Fsp3) is 0.526. The van der Waals surface area contributed by atoms with Gasteiger partial charge in [-0.1, -0.05) is 22.9 Å². The fourth-order valence-electron chi connectivity index (χ4n) is 3.16. The van der Waals surface area contributed by atoms with E-state index < -0.39 is 0 Å². The summed E-state index contributed by atoms with van der Waals surface area (Å²) in [6.07, 6.45) is 3.44. The van der Waals surface area contributed by atoms with Crippen molar-refractivity contribution in [3.05, 3.63) is 46.8 Å². The van der Waals surface area contributed by atoms with Gasteiger partial charge in [-0.25, -0.2) is 4.68 Å². The van der Waals surface area contributed by atoms with Crippen molar-refractivity contribution < 1.29 is 9.53 Å². The first kappa shape index (κ1) is 16.3. The van der Waals surface area contributed by atoms with Crippen molar-refractivity contribution in [2.75, 3.05) is 13.2 Å². The normalized spacial score (nSPS) is 17.2. The van der Waals surface area contributed by atoms with Crippen LogP contribution in [0.3, 0.4) is 0 Å². The van der Waals surface area contributed by atoms with Crippen LogP contribution in [-0.4, -0.2) is 39.0 Å². The summed E-state index contributed by atoms with van der Waals surface area (Å²) in [6, 6.07) is 7.76. The molecule has 132 valence electrons. The maximum absolute atomic E-state index is 12.9. The third kappa shape index (κ3) is 3.74. The monoisotopic (exact) mass is 340 g/mol. The maximum atomic E-state index is 12.9. The number of hydrogen-bond donors (Lipinski definition) is 0. The van der Waals surface area contributed by atoms with Crippen molar-refractivity contribution in [1.82, 2.24) is 19.9 Å². The molecule has 6 nitrogen and oxygen atoms in total. The third-order valence-corrected chi connectivity index (χ3v) is 4.93. The van der Waals surface area contributed by atoms with E-state index in [1.807, 2.05) is 40.8 Å². The lowest BCUT2D eigenvalue weighted by atomic mass is 10.1. The molecule has 1 fully saturated rings. The van der Waals surface area contributed by atoms with Crippen molar-refractivity contribution in [2.45, 2.75) is 45.9 Å². The summed E-state index contributed by atoms with van der Waals surface area (Å²) >= 11 is 0. The minimum absolute atomic E-state index is 0.0690. The first-order valence-corrected chi connectivity index (χ1v) is 9.05. The average Bonchev–Trinajstić information content (AvgIpc) is 3.40. The van der Waals surface area contributed by atoms with Gasteiger partial charge >= 0.3 is 0 Å². The average molecular weight is 340 g/mol. The van der Waals surface area contributed by atoms with Crippen molar-refractivity contribution >= 4 is 5.91 Å². The van der Waals surface area contributed by atoms with Gasteiger partial charge in [0.05, 0.1) is 18.8 Å². The SMILES string of the molecule is Cc1ccc(C(=O)N2CCCn3nnc(COCC4CC4)c3C2)cc1. The van der Waals surface area contributed by atoms with E-state index >= 15 is 0 Å². The molecular weight excluding hydrogens is 316 g/mol. The molecule has 25 heavy (non-hydrogen) atoms. The van der Waals surface area contributed by atoms with Crippen LogP contribution in [0, 0.1) is 12.8 Å². The van der Waals surface area contributed by atoms with Gasteiger partial charge < -0.3 is 9.64 Å². The molecule has 0 saturated heterocycles. The highest BCUT2D eigenvalue weighted by Gasteiger charge is 2.25. The summed E-state index contributed by atoms with van der Waals surface area (Å²) in [7, 11) is 0. The molecule has 6 heteroatoms. The summed E-state index contributed by atoms with van der Waals surface area (Å²) in [6.45, 7) is 5.39. The summed E-state index contributed by atoms with van der Waals surface area (Å²) in [5.41, 5.74) is 3.76. The zero-order valence-corrected chi connectivity index (χ0v) is 14.6. The second kappa shape index (κ2) is 6.96. The number of carbonyl (C=O) groups excluding carboxylic acids is 1. The molecule has 0 bridgehead atoms. The summed E-state index contributed by atoms with van der Waals surface area (Å²) < 4.78 is 7.71. The van der Waals surface area contributed by atoms with Gasteiger partial charge in [-0.05, 0) is 44.2 Å². The summed E-state index contributed by atoms with van der Waals surface area (Å²) in [4.78, 5) is 14.8. The molecule has 2 heterocycles. The van der Waals surface area contributed by atoms with Gasteiger partial charge in [0.2, 0.25) is 0 Å². The topological polar surface area (TPSA) is 60.2 Å². The van der Waals surface area contributed by atoms with Crippen molar-refractivity contribution in [1.29, 1.82) is 0 Å². The van der Waals surface area contributed by atoms with Crippen molar-refractivity contribution in [3.63, 3.8) is 0 Å². The summed E-state index contributed by atoms with van der Waals surface area (Å²) in [5, 5.41) is 8.54. The highest BCUT2D eigenvalue weighted by Crippen LogP contribution is 2.29. The second-order valence-electron chi connectivity index (χ2n) is 7.11. The van der Waals surface area contributed by atoms with E-state index in [9.17, 15) is 4.79 Å². The highest BCUT2D eigenvalue weighted by molar-refractivity contribution is 5.94. The Hall–Kier alpha value is -2.21. The quantitative estimate of drug-likeness (QED) is 0.839. The van der Waals surface area contributed by atoms with Crippen LogP contribution in [0.4, 0.5) is 0 Å². The van der Waals surface area contributed by atoms with Crippen LogP contribution in [-0.2, 0) is 24.4 Å². The predicted octanol–water partition coefficient (Wildman–Crippen LogP) is 2.56. The van der Waals surface area contributed by atoms with Gasteiger partial charge in [-0.2, -0.15) is 0 Å². The number of amides is 1. The molecule has 0 spiro atoms. The lowest BCUT2D eigenvalue weighted by Crippen LogP contribution is -2.31. The van der Waals surface area contributed by atoms with E-state index in [-0.39, 0.29) is 5.91 Å². The van der Waals surface area contributed by atoms with Gasteiger partial charge in [0.15, 0.2) is 0 Å². The lowest BCUT2D eigenvalue weighted by molar-refractivity contribution is 0.0741. The van der Waals surface area contributed by atoms with Crippen LogP contribution in [0.15, 0.2) is 24.3 Å². The van der Waals surface area contributed by atoms with Crippen molar-refractivity contribution in [2.24, 2.45) is 5.92 Å². The Kier molecular flexibility index (Phi) is 4.53. The van der Waals surface area contributed by atoms with Gasteiger partial charge in [0, 0.05) is 25.3 Å². The lowest BCUT2D eigenvalue weighted by Gasteiger charge is -2.20. The van der Waals surface area contributed by atoms with Crippen LogP contribution in [0.25, 0.3) is 0 Å². The molecule has 0 unspecified atom stereocenters. The number of ether oxygens (including phenoxy) is 1. The number of aromatic nitrogens is 3. The number of benzene rings is 1. The molecular formula is C19H24N4O2. The van der Waals surface area contributed by atoms with Gasteiger partial charge in [-0.15, -0.1) is 5.10 Å². The molecule has 1 amide bonds. The Balaban J connectivity index is 1.48. The Labute approximate surface area is 147 Å². The predicted molar refractivity (Wildman–Crippen MR) is 92.9 cm³/mol. The summed E-state index contributed by atoms with van der Waals surface area (Å²) in [5.74, 6) is 0.799. The molecule has 2 aliphatic rings. The number of aryl methyl sites for hydroxylation is 2. The second-order valence-corrected chi connectivity index (χ2v) is 7.11. The van der Waals surface area contributed by atoms with Crippen LogP contribution < -0.4 is 0 Å². The van der Waals surface area contributed by atoms with Crippen LogP contribution in [0.5, 0.6) is 0 Å². The zero-order chi connectivity index (χ0) is 17.2. The number of carbonyl (C=O) groups is 1. The highest BCUT2D eigenvalue weighted by atomic mass is 16.5. The Bertz CT molecular complexity index is 749. The van der Waals surface area contributed by atoms with Gasteiger partial charge in [0.25, 0.3) is 5.91 Å². The van der Waals surface area contributed by atoms with E-state index in [0.717, 1.165) is 54.5 Å². The molecule has 0 N–H and O–H groups in total. The number of fused-ring (bicyclic) bond motifs is 1. The molecule has 0 atom stereocenters. The van der Waals surface area contributed by atoms with Crippen LogP contribution in [0.2, 0.25) is 0 Å². The third-order valence-electron chi connectivity index (χ3n) is 4.93. The standard InChI is InChI=1S/C19H24N4O2/c1-14-3-7-16(8-4-14)19(24)22-9-2-10-23-18(11-22)17(20-21-23)13-25-12-15-5-6-15/h3-4,7-8,15H,2,5-6,9-13H2,1H3. The van der Waals surface area contributed by atoms with E-state index in [0.29, 0.717) is 13.2 Å². The molecule has 1 aromatic heterocycles. The van der Waals surface area contributed by atoms with E-state index in [2.05, 4.69) is 10.3 Å². The Morgan fingerprint density at radius 3 is 2.80 bits per heavy atom. The van der Waals surface area contributed by atoms with Crippen LogP contribution >= 0.6 is 0 Å². The Morgan fingerprint density at radius 2 is 2.04 bits per heavy atom. The van der Waals surface area contributed by atoms with Gasteiger partial charge in [-0.3, -0.25) is 4.79 Å². The molecule has 0 radical (unpaired) electrons. The molecule has 1 aromatic carbocycles. The van der Waals surface area contributed by atoms with Crippen LogP contribution in [0.1, 0.15) is 46.6 Å². The number of hydrogen-bond acceptors (Lipinski definition) is 4. The molecule has 1 saturated carbocycles. The van der Waals surface area contributed by atoms with E-state index in [1.54, 1.807) is 0 Å². The zero-order valence-electron chi connectivity index (χ0n) is 14.6. The largest absolute Gasteiger partial charge is 0.375 e. The fourth-order valence-corrected chi connectivity index (χ4v) is 3.16. The number of rotatable bonds is 5. The minimum Gasteiger partial charge on any atom is -0.375 e. The number of nitrogens with zero attached hydrogens (tertiary/aromatic N) is 4. The Morgan fingerprint density at radius 1 is 1.24 bits per heavy atom. The molecule has 1 aliphatic carbocycles. The first-order chi connectivity index (χ1) is 12.2. The molecule has 1 aliphatic heterocycles. The van der Waals surface area contributed by atoms with Crippen molar-refractivity contribution in [3.8, 4) is 0 Å². The van der Waals surface area contributed by atoms with Gasteiger partial charge in [0.1, 0.15) is 5.69 Å². The molecule has 2 aromatic rings. The van der Waals surface area contributed by atoms with E-state index in [1.165, 1.54) is 12.8 Å². The minimum atomic E-state index is 0.0690. The first-order valence-electron chi connectivity index (χ1n) is 9.05. The maximum Gasteiger partial charge on any atom is 0.254 e. The smallest absolute Gasteiger partial charge is 0.254 e.